The quantitative estimate of drug-likeness (QED) is 0.535. The molecule has 0 spiro atoms. The van der Waals surface area contributed by atoms with E-state index in [1.165, 1.54) is 41.0 Å². The van der Waals surface area contributed by atoms with Crippen LogP contribution in [-0.2, 0) is 16.0 Å². The molecule has 0 saturated heterocycles. The number of benzene rings is 2. The van der Waals surface area contributed by atoms with Crippen molar-refractivity contribution in [2.45, 2.75) is 32.7 Å². The zero-order chi connectivity index (χ0) is 22.9. The van der Waals surface area contributed by atoms with E-state index in [1.807, 2.05) is 0 Å². The fourth-order valence-electron chi connectivity index (χ4n) is 3.49. The van der Waals surface area contributed by atoms with Gasteiger partial charge in [0.25, 0.3) is 5.91 Å². The van der Waals surface area contributed by atoms with Gasteiger partial charge >= 0.3 is 5.97 Å². The Morgan fingerprint density at radius 1 is 1.19 bits per heavy atom. The molecule has 1 amide bonds. The van der Waals surface area contributed by atoms with E-state index in [-0.39, 0.29) is 29.2 Å². The molecule has 31 heavy (non-hydrogen) atoms. The van der Waals surface area contributed by atoms with Crippen LogP contribution in [0.5, 0.6) is 5.75 Å². The molecule has 9 heteroatoms. The summed E-state index contributed by atoms with van der Waals surface area (Å²) in [4.78, 5) is 36.5. The molecule has 0 saturated carbocycles. The lowest BCUT2D eigenvalue weighted by molar-refractivity contribution is -0.137. The zero-order valence-electron chi connectivity index (χ0n) is 16.8. The average molecular weight is 447 g/mol. The van der Waals surface area contributed by atoms with Gasteiger partial charge in [0, 0.05) is 22.7 Å². The van der Waals surface area contributed by atoms with Crippen LogP contribution in [0.25, 0.3) is 10.9 Å². The molecule has 1 heterocycles. The van der Waals surface area contributed by atoms with Gasteiger partial charge in [0.15, 0.2) is 0 Å². The summed E-state index contributed by atoms with van der Waals surface area (Å²) >= 11 is 6.06. The Morgan fingerprint density at radius 2 is 1.84 bits per heavy atom. The number of aliphatic carboxylic acids is 1. The number of carboxylic acids is 1. The van der Waals surface area contributed by atoms with Crippen molar-refractivity contribution in [1.82, 2.24) is 9.88 Å². The number of carbonyl (C=O) groups is 3. The number of fused-ring (bicyclic) bond motifs is 1. The van der Waals surface area contributed by atoms with Crippen LogP contribution in [0.3, 0.4) is 0 Å². The molecule has 0 aliphatic carbocycles. The first-order valence-corrected chi connectivity index (χ1v) is 9.80. The van der Waals surface area contributed by atoms with Gasteiger partial charge in [0.05, 0.1) is 23.4 Å². The summed E-state index contributed by atoms with van der Waals surface area (Å²) in [5, 5.41) is 22.0. The number of carboxylic acid groups (broad SMARTS) is 1. The van der Waals surface area contributed by atoms with Crippen LogP contribution in [0.1, 0.15) is 35.0 Å². The maximum atomic E-state index is 13.3. The SMILES string of the molecule is Cc1c(CC(=O)NC(C)CC(=O)O)c2cc(O)c(Cl)cc2n1C(=O)c1ccc(F)cc1. The van der Waals surface area contributed by atoms with Crippen LogP contribution in [-0.4, -0.2) is 38.6 Å². The minimum absolute atomic E-state index is 0.0317. The summed E-state index contributed by atoms with van der Waals surface area (Å²) < 4.78 is 14.6. The second-order valence-electron chi connectivity index (χ2n) is 7.28. The van der Waals surface area contributed by atoms with Gasteiger partial charge in [0.1, 0.15) is 11.6 Å². The molecule has 0 fully saturated rings. The van der Waals surface area contributed by atoms with E-state index < -0.39 is 29.6 Å². The first kappa shape index (κ1) is 22.3. The number of aromatic nitrogens is 1. The number of rotatable bonds is 6. The third kappa shape index (κ3) is 4.69. The van der Waals surface area contributed by atoms with Crippen LogP contribution >= 0.6 is 11.6 Å². The lowest BCUT2D eigenvalue weighted by Crippen LogP contribution is -2.35. The van der Waals surface area contributed by atoms with Gasteiger partial charge < -0.3 is 15.5 Å². The zero-order valence-corrected chi connectivity index (χ0v) is 17.5. The third-order valence-corrected chi connectivity index (χ3v) is 5.23. The Balaban J connectivity index is 2.06. The Morgan fingerprint density at radius 3 is 2.45 bits per heavy atom. The first-order valence-electron chi connectivity index (χ1n) is 9.42. The molecule has 1 aromatic heterocycles. The summed E-state index contributed by atoms with van der Waals surface area (Å²) in [6.45, 7) is 3.22. The standard InChI is InChI=1S/C22H20ClFN2O5/c1-11(7-21(29)30)25-20(28)9-15-12(2)26(18-10-17(23)19(27)8-16(15)18)22(31)13-3-5-14(24)6-4-13/h3-6,8,10-11,27H,7,9H2,1-2H3,(H,25,28)(H,29,30). The van der Waals surface area contributed by atoms with Crippen molar-refractivity contribution in [3.05, 3.63) is 64.1 Å². The van der Waals surface area contributed by atoms with Gasteiger partial charge in [-0.15, -0.1) is 0 Å². The average Bonchev–Trinajstić information content (AvgIpc) is 2.92. The predicted octanol–water partition coefficient (Wildman–Crippen LogP) is 3.66. The van der Waals surface area contributed by atoms with E-state index in [2.05, 4.69) is 5.32 Å². The van der Waals surface area contributed by atoms with Crippen LogP contribution in [0.4, 0.5) is 4.39 Å². The molecule has 0 radical (unpaired) electrons. The maximum absolute atomic E-state index is 13.3. The van der Waals surface area contributed by atoms with Crippen molar-refractivity contribution < 1.29 is 29.0 Å². The van der Waals surface area contributed by atoms with E-state index >= 15 is 0 Å². The monoisotopic (exact) mass is 446 g/mol. The summed E-state index contributed by atoms with van der Waals surface area (Å²) in [7, 11) is 0. The molecule has 0 bridgehead atoms. The molecule has 162 valence electrons. The van der Waals surface area contributed by atoms with E-state index in [1.54, 1.807) is 13.8 Å². The second kappa shape index (κ2) is 8.77. The van der Waals surface area contributed by atoms with Crippen LogP contribution in [0.15, 0.2) is 36.4 Å². The number of nitrogens with zero attached hydrogens (tertiary/aromatic N) is 1. The minimum Gasteiger partial charge on any atom is -0.506 e. The summed E-state index contributed by atoms with van der Waals surface area (Å²) in [5.41, 5.74) is 1.55. The fraction of sp³-hybridized carbons (Fsp3) is 0.227. The molecular formula is C22H20ClFN2O5. The Bertz CT molecular complexity index is 1190. The summed E-state index contributed by atoms with van der Waals surface area (Å²) in [6, 6.07) is 7.27. The third-order valence-electron chi connectivity index (χ3n) is 4.92. The smallest absolute Gasteiger partial charge is 0.305 e. The van der Waals surface area contributed by atoms with Crippen molar-refractivity contribution in [2.24, 2.45) is 0 Å². The second-order valence-corrected chi connectivity index (χ2v) is 7.68. The van der Waals surface area contributed by atoms with Gasteiger partial charge in [-0.25, -0.2) is 4.39 Å². The van der Waals surface area contributed by atoms with E-state index in [9.17, 15) is 23.9 Å². The summed E-state index contributed by atoms with van der Waals surface area (Å²) in [5.74, 6) is -2.60. The predicted molar refractivity (Wildman–Crippen MR) is 113 cm³/mol. The van der Waals surface area contributed by atoms with Gasteiger partial charge in [-0.05, 0) is 55.8 Å². The van der Waals surface area contributed by atoms with Gasteiger partial charge in [-0.1, -0.05) is 11.6 Å². The molecule has 3 rings (SSSR count). The number of hydrogen-bond acceptors (Lipinski definition) is 4. The topological polar surface area (TPSA) is 109 Å². The highest BCUT2D eigenvalue weighted by Gasteiger charge is 2.23. The number of nitrogens with one attached hydrogen (secondary N) is 1. The number of phenolic OH excluding ortho intramolecular Hbond substituents is 1. The lowest BCUT2D eigenvalue weighted by Gasteiger charge is -2.12. The number of phenols is 1. The van der Waals surface area contributed by atoms with Crippen molar-refractivity contribution >= 4 is 40.3 Å². The molecule has 3 N–H and O–H groups in total. The summed E-state index contributed by atoms with van der Waals surface area (Å²) in [6.07, 6.45) is -0.372. The number of aromatic hydroxyl groups is 1. The van der Waals surface area contributed by atoms with Gasteiger partial charge in [-0.3, -0.25) is 19.0 Å². The number of halogens is 2. The molecule has 1 unspecified atom stereocenters. The molecule has 0 aliphatic heterocycles. The van der Waals surface area contributed by atoms with Crippen molar-refractivity contribution in [1.29, 1.82) is 0 Å². The molecule has 7 nitrogen and oxygen atoms in total. The van der Waals surface area contributed by atoms with Crippen molar-refractivity contribution in [2.75, 3.05) is 0 Å². The molecule has 1 atom stereocenters. The first-order chi connectivity index (χ1) is 14.6. The highest BCUT2D eigenvalue weighted by atomic mass is 35.5. The number of amides is 1. The highest BCUT2D eigenvalue weighted by molar-refractivity contribution is 6.33. The van der Waals surface area contributed by atoms with Gasteiger partial charge in [0.2, 0.25) is 5.91 Å². The fourth-order valence-corrected chi connectivity index (χ4v) is 3.65. The lowest BCUT2D eigenvalue weighted by atomic mass is 10.1. The highest BCUT2D eigenvalue weighted by Crippen LogP contribution is 2.35. The van der Waals surface area contributed by atoms with E-state index in [0.717, 1.165) is 0 Å². The van der Waals surface area contributed by atoms with E-state index in [0.29, 0.717) is 22.2 Å². The van der Waals surface area contributed by atoms with Crippen molar-refractivity contribution in [3.63, 3.8) is 0 Å². The molecule has 0 aliphatic rings. The molecule has 3 aromatic rings. The molecule has 2 aromatic carbocycles. The van der Waals surface area contributed by atoms with Crippen LogP contribution in [0.2, 0.25) is 5.02 Å². The largest absolute Gasteiger partial charge is 0.506 e. The Hall–Kier alpha value is -3.39. The number of hydrogen-bond donors (Lipinski definition) is 3. The molecular weight excluding hydrogens is 427 g/mol. The maximum Gasteiger partial charge on any atom is 0.305 e. The Kier molecular flexibility index (Phi) is 6.31. The Labute approximate surface area is 182 Å². The van der Waals surface area contributed by atoms with Crippen LogP contribution in [0, 0.1) is 12.7 Å². The van der Waals surface area contributed by atoms with Crippen LogP contribution < -0.4 is 5.32 Å². The van der Waals surface area contributed by atoms with Crippen molar-refractivity contribution in [3.8, 4) is 5.75 Å². The van der Waals surface area contributed by atoms with E-state index in [4.69, 9.17) is 16.7 Å². The number of carbonyl (C=O) groups excluding carboxylic acids is 2. The normalized spacial score (nSPS) is 12.0. The minimum atomic E-state index is -1.04. The van der Waals surface area contributed by atoms with Gasteiger partial charge in [-0.2, -0.15) is 0 Å².